The predicted molar refractivity (Wildman–Crippen MR) is 118 cm³/mol. The molecule has 1 unspecified atom stereocenters. The van der Waals surface area contributed by atoms with E-state index in [9.17, 15) is 19.7 Å². The lowest BCUT2D eigenvalue weighted by Crippen LogP contribution is -2.28. The number of nitro groups is 1. The van der Waals surface area contributed by atoms with Crippen LogP contribution >= 0.6 is 0 Å². The van der Waals surface area contributed by atoms with Crippen molar-refractivity contribution in [3.63, 3.8) is 0 Å². The van der Waals surface area contributed by atoms with E-state index in [1.807, 2.05) is 0 Å². The minimum Gasteiger partial charge on any atom is -0.475 e. The molecule has 3 aromatic rings. The normalized spacial score (nSPS) is 12.2. The number of furan rings is 1. The molecule has 0 saturated carbocycles. The maximum atomic E-state index is 12.5. The summed E-state index contributed by atoms with van der Waals surface area (Å²) >= 11 is 0. The van der Waals surface area contributed by atoms with Crippen molar-refractivity contribution in [1.82, 2.24) is 15.2 Å². The second-order valence-corrected chi connectivity index (χ2v) is 7.06. The van der Waals surface area contributed by atoms with Gasteiger partial charge in [0.15, 0.2) is 5.76 Å². The Morgan fingerprint density at radius 2 is 2.06 bits per heavy atom. The summed E-state index contributed by atoms with van der Waals surface area (Å²) in [5.41, 5.74) is 3.73. The fourth-order valence-corrected chi connectivity index (χ4v) is 2.82. The number of nitrogens with zero attached hydrogens (tertiary/aromatic N) is 4. The highest BCUT2D eigenvalue weighted by molar-refractivity contribution is 6.04. The number of ether oxygens (including phenoxy) is 1. The van der Waals surface area contributed by atoms with Gasteiger partial charge in [-0.3, -0.25) is 19.7 Å². The molecule has 172 valence electrons. The summed E-state index contributed by atoms with van der Waals surface area (Å²) in [6.07, 6.45) is 1.12. The highest BCUT2D eigenvalue weighted by Crippen LogP contribution is 2.26. The van der Waals surface area contributed by atoms with Gasteiger partial charge in [-0.25, -0.2) is 10.1 Å². The second-order valence-electron chi connectivity index (χ2n) is 7.06. The van der Waals surface area contributed by atoms with Crippen molar-refractivity contribution in [3.8, 4) is 5.88 Å². The van der Waals surface area contributed by atoms with Gasteiger partial charge >= 0.3 is 11.6 Å². The molecule has 0 bridgehead atoms. The Kier molecular flexibility index (Phi) is 6.86. The molecule has 3 rings (SSSR count). The molecule has 1 aromatic carbocycles. The first kappa shape index (κ1) is 23.2. The zero-order valence-electron chi connectivity index (χ0n) is 18.4. The molecular weight excluding hydrogens is 432 g/mol. The fourth-order valence-electron chi connectivity index (χ4n) is 2.82. The van der Waals surface area contributed by atoms with Crippen LogP contribution in [0.4, 0.5) is 11.4 Å². The molecule has 0 radical (unpaired) electrons. The number of methoxy groups -OCH3 is 1. The highest BCUT2D eigenvalue weighted by atomic mass is 16.6. The average molecular weight is 454 g/mol. The Labute approximate surface area is 188 Å². The van der Waals surface area contributed by atoms with Crippen molar-refractivity contribution in [3.05, 3.63) is 69.8 Å². The molecular formula is C21H22N6O6. The van der Waals surface area contributed by atoms with E-state index in [2.05, 4.69) is 20.9 Å². The quantitative estimate of drug-likeness (QED) is 0.301. The van der Waals surface area contributed by atoms with Crippen molar-refractivity contribution in [2.45, 2.75) is 26.8 Å². The lowest BCUT2D eigenvalue weighted by atomic mass is 10.1. The monoisotopic (exact) mass is 454 g/mol. The third-order valence-corrected chi connectivity index (χ3v) is 4.68. The number of aryl methyl sites for hydroxylation is 1. The minimum absolute atomic E-state index is 0.192. The second kappa shape index (κ2) is 9.77. The van der Waals surface area contributed by atoms with E-state index in [0.29, 0.717) is 22.7 Å². The molecule has 2 amide bonds. The summed E-state index contributed by atoms with van der Waals surface area (Å²) in [6, 6.07) is 9.31. The van der Waals surface area contributed by atoms with Gasteiger partial charge in [0.05, 0.1) is 17.7 Å². The van der Waals surface area contributed by atoms with Gasteiger partial charge in [-0.2, -0.15) is 5.10 Å². The van der Waals surface area contributed by atoms with Gasteiger partial charge in [0, 0.05) is 5.69 Å². The fraction of sp³-hybridized carbons (Fsp3) is 0.238. The Balaban J connectivity index is 1.68. The summed E-state index contributed by atoms with van der Waals surface area (Å²) in [7, 11) is 1.25. The van der Waals surface area contributed by atoms with Crippen LogP contribution in [0, 0.1) is 17.0 Å². The number of benzene rings is 1. The third kappa shape index (κ3) is 5.42. The van der Waals surface area contributed by atoms with Gasteiger partial charge in [-0.05, 0) is 50.6 Å². The van der Waals surface area contributed by atoms with Crippen LogP contribution < -0.4 is 15.5 Å². The number of carbonyl (C=O) groups excluding carboxylic acids is 2. The molecule has 2 N–H and O–H groups in total. The van der Waals surface area contributed by atoms with Gasteiger partial charge < -0.3 is 14.5 Å². The molecule has 1 atom stereocenters. The number of hydrazone groups is 1. The van der Waals surface area contributed by atoms with Crippen LogP contribution in [0.25, 0.3) is 0 Å². The van der Waals surface area contributed by atoms with Crippen LogP contribution in [-0.4, -0.2) is 39.3 Å². The number of hydrogen-bond donors (Lipinski definition) is 2. The van der Waals surface area contributed by atoms with E-state index in [4.69, 9.17) is 9.15 Å². The summed E-state index contributed by atoms with van der Waals surface area (Å²) < 4.78 is 11.3. The summed E-state index contributed by atoms with van der Waals surface area (Å²) in [5.74, 6) is -0.291. The van der Waals surface area contributed by atoms with E-state index < -0.39 is 16.9 Å². The minimum atomic E-state index is -0.883. The first-order chi connectivity index (χ1) is 15.7. The topological polar surface area (TPSA) is 154 Å². The van der Waals surface area contributed by atoms with E-state index in [1.54, 1.807) is 50.2 Å². The van der Waals surface area contributed by atoms with E-state index in [1.165, 1.54) is 14.0 Å². The van der Waals surface area contributed by atoms with Crippen LogP contribution in [0.15, 0.2) is 52.1 Å². The maximum absolute atomic E-state index is 12.5. The standard InChI is InChI=1S/C21H22N6O6/c1-12-8-9-18(33-12)20(29)22-16-7-5-6-15(10-16)13(2)23-24-19(28)14(3)26-11-17(27(30)31)21(25-26)32-4/h5-11,14H,1-4H3,(H,22,29)(H,24,28)/b23-13+. The highest BCUT2D eigenvalue weighted by Gasteiger charge is 2.25. The van der Waals surface area contributed by atoms with Gasteiger partial charge in [0.25, 0.3) is 11.8 Å². The Hall–Kier alpha value is -4.48. The molecule has 12 heteroatoms. The molecule has 0 fully saturated rings. The van der Waals surface area contributed by atoms with Gasteiger partial charge in [0.1, 0.15) is 18.0 Å². The molecule has 0 aliphatic carbocycles. The Bertz CT molecular complexity index is 1230. The van der Waals surface area contributed by atoms with Crippen LogP contribution in [0.5, 0.6) is 5.88 Å². The predicted octanol–water partition coefficient (Wildman–Crippen LogP) is 3.06. The van der Waals surface area contributed by atoms with Crippen LogP contribution in [0.2, 0.25) is 0 Å². The largest absolute Gasteiger partial charge is 0.475 e. The number of hydrogen-bond acceptors (Lipinski definition) is 8. The molecule has 33 heavy (non-hydrogen) atoms. The zero-order chi connectivity index (χ0) is 24.1. The van der Waals surface area contributed by atoms with Gasteiger partial charge in [0.2, 0.25) is 0 Å². The first-order valence-corrected chi connectivity index (χ1v) is 9.79. The van der Waals surface area contributed by atoms with Crippen molar-refractivity contribution in [2.75, 3.05) is 12.4 Å². The molecule has 0 aliphatic rings. The number of rotatable bonds is 8. The SMILES string of the molecule is COc1nn(C(C)C(=O)N/N=C(\C)c2cccc(NC(=O)c3ccc(C)o3)c2)cc1[N+](=O)[O-]. The Morgan fingerprint density at radius 1 is 1.30 bits per heavy atom. The van der Waals surface area contributed by atoms with E-state index >= 15 is 0 Å². The molecule has 2 heterocycles. The van der Waals surface area contributed by atoms with Crippen molar-refractivity contribution >= 4 is 28.9 Å². The molecule has 12 nitrogen and oxygen atoms in total. The maximum Gasteiger partial charge on any atom is 0.350 e. The summed E-state index contributed by atoms with van der Waals surface area (Å²) in [6.45, 7) is 4.95. The first-order valence-electron chi connectivity index (χ1n) is 9.79. The van der Waals surface area contributed by atoms with E-state index in [0.717, 1.165) is 10.9 Å². The summed E-state index contributed by atoms with van der Waals surface area (Å²) in [5, 5.41) is 21.8. The number of carbonyl (C=O) groups is 2. The average Bonchev–Trinajstić information content (AvgIpc) is 3.43. The number of nitrogens with one attached hydrogen (secondary N) is 2. The van der Waals surface area contributed by atoms with Gasteiger partial charge in [-0.1, -0.05) is 12.1 Å². The lowest BCUT2D eigenvalue weighted by molar-refractivity contribution is -0.385. The Morgan fingerprint density at radius 3 is 2.67 bits per heavy atom. The van der Waals surface area contributed by atoms with Crippen molar-refractivity contribution in [1.29, 1.82) is 0 Å². The zero-order valence-corrected chi connectivity index (χ0v) is 18.4. The number of amides is 2. The molecule has 0 spiro atoms. The lowest BCUT2D eigenvalue weighted by Gasteiger charge is -2.10. The summed E-state index contributed by atoms with van der Waals surface area (Å²) in [4.78, 5) is 35.2. The number of aromatic nitrogens is 2. The van der Waals surface area contributed by atoms with Crippen molar-refractivity contribution < 1.29 is 23.7 Å². The number of anilines is 1. The van der Waals surface area contributed by atoms with Crippen LogP contribution in [-0.2, 0) is 4.79 Å². The molecule has 0 aliphatic heterocycles. The smallest absolute Gasteiger partial charge is 0.350 e. The van der Waals surface area contributed by atoms with Crippen LogP contribution in [0.3, 0.4) is 0 Å². The van der Waals surface area contributed by atoms with Crippen LogP contribution in [0.1, 0.15) is 41.8 Å². The third-order valence-electron chi connectivity index (χ3n) is 4.68. The molecule has 2 aromatic heterocycles. The molecule has 0 saturated heterocycles. The van der Waals surface area contributed by atoms with Crippen molar-refractivity contribution in [2.24, 2.45) is 5.10 Å². The van der Waals surface area contributed by atoms with Gasteiger partial charge in [-0.15, -0.1) is 5.10 Å². The van der Waals surface area contributed by atoms with E-state index in [-0.39, 0.29) is 23.2 Å².